The molecule has 4 rings (SSSR count). The summed E-state index contributed by atoms with van der Waals surface area (Å²) in [5.41, 5.74) is 5.13. The van der Waals surface area contributed by atoms with Gasteiger partial charge in [0.05, 0.1) is 10.2 Å². The van der Waals surface area contributed by atoms with Crippen molar-refractivity contribution in [3.05, 3.63) is 59.1 Å². The normalized spacial score (nSPS) is 12.7. The van der Waals surface area contributed by atoms with E-state index in [9.17, 15) is 5.11 Å². The number of pyridine rings is 1. The zero-order chi connectivity index (χ0) is 18.3. The summed E-state index contributed by atoms with van der Waals surface area (Å²) < 4.78 is 1.14. The van der Waals surface area contributed by atoms with E-state index in [-0.39, 0.29) is 0 Å². The molecule has 0 aliphatic carbocycles. The summed E-state index contributed by atoms with van der Waals surface area (Å²) >= 11 is 1.68. The molecule has 4 heteroatoms. The largest absolute Gasteiger partial charge is 0.507 e. The number of likely N-dealkylation sites (N-methyl/N-ethyl adjacent to an activating group) is 1. The summed E-state index contributed by atoms with van der Waals surface area (Å²) in [5.74, 6) is 0.758. The van der Waals surface area contributed by atoms with Crippen LogP contribution in [0.3, 0.4) is 0 Å². The highest BCUT2D eigenvalue weighted by molar-refractivity contribution is 7.17. The Morgan fingerprint density at radius 3 is 2.69 bits per heavy atom. The molecule has 0 aliphatic rings. The molecule has 4 aromatic rings. The van der Waals surface area contributed by atoms with Crippen molar-refractivity contribution in [2.45, 2.75) is 19.8 Å². The predicted octanol–water partition coefficient (Wildman–Crippen LogP) is 5.45. The number of aryl methyl sites for hydroxylation is 1. The number of hydrogen-bond donors (Lipinski definition) is 2. The number of nitrogens with one attached hydrogen (secondary N) is 1. The third-order valence-electron chi connectivity index (χ3n) is 5.02. The molecular weight excluding hydrogens is 340 g/mol. The van der Waals surface area contributed by atoms with Crippen molar-refractivity contribution in [3.63, 3.8) is 0 Å². The molecule has 2 heterocycles. The van der Waals surface area contributed by atoms with Gasteiger partial charge in [-0.1, -0.05) is 31.2 Å². The second-order valence-electron chi connectivity index (χ2n) is 6.85. The fraction of sp³-hybridized carbons (Fsp3) is 0.227. The third-order valence-corrected chi connectivity index (χ3v) is 5.88. The predicted molar refractivity (Wildman–Crippen MR) is 111 cm³/mol. The van der Waals surface area contributed by atoms with Crippen LogP contribution in [0.2, 0.25) is 0 Å². The van der Waals surface area contributed by atoms with Crippen LogP contribution >= 0.6 is 11.3 Å². The molecule has 2 aromatic carbocycles. The number of thiophene rings is 1. The molecule has 0 fully saturated rings. The molecule has 3 nitrogen and oxygen atoms in total. The molecule has 0 unspecified atom stereocenters. The van der Waals surface area contributed by atoms with E-state index in [0.29, 0.717) is 11.7 Å². The molecule has 0 spiro atoms. The first-order chi connectivity index (χ1) is 12.6. The van der Waals surface area contributed by atoms with Gasteiger partial charge in [-0.3, -0.25) is 4.98 Å². The summed E-state index contributed by atoms with van der Waals surface area (Å²) in [7, 11) is 1.97. The Labute approximate surface area is 157 Å². The van der Waals surface area contributed by atoms with E-state index >= 15 is 0 Å². The Hall–Kier alpha value is -2.43. The number of rotatable bonds is 4. The quantitative estimate of drug-likeness (QED) is 0.507. The number of aromatic nitrogens is 1. The first-order valence-corrected chi connectivity index (χ1v) is 9.71. The number of aromatic hydroxyl groups is 1. The Kier molecular flexibility index (Phi) is 4.39. The average Bonchev–Trinajstić information content (AvgIpc) is 3.11. The second kappa shape index (κ2) is 6.71. The van der Waals surface area contributed by atoms with E-state index in [0.717, 1.165) is 44.2 Å². The van der Waals surface area contributed by atoms with Crippen molar-refractivity contribution in [1.82, 2.24) is 10.3 Å². The standard InChI is InChI=1S/C22H22N2OS/c1-13-10-18(25)20(16-6-4-15(5-7-16)14(2)11-23-3)21-17-8-9-26-19(17)12-24-22(13)21/h4-10,12,14,23,25H,11H2,1-3H3/t14-/m0/s1. The van der Waals surface area contributed by atoms with Crippen LogP contribution in [0.5, 0.6) is 5.75 Å². The number of benzene rings is 2. The molecule has 0 saturated carbocycles. The van der Waals surface area contributed by atoms with Crippen LogP contribution < -0.4 is 5.32 Å². The highest BCUT2D eigenvalue weighted by Gasteiger charge is 2.16. The smallest absolute Gasteiger partial charge is 0.124 e. The van der Waals surface area contributed by atoms with Crippen molar-refractivity contribution < 1.29 is 5.11 Å². The van der Waals surface area contributed by atoms with Gasteiger partial charge in [0.25, 0.3) is 0 Å². The van der Waals surface area contributed by atoms with Crippen molar-refractivity contribution in [1.29, 1.82) is 0 Å². The van der Waals surface area contributed by atoms with Gasteiger partial charge >= 0.3 is 0 Å². The number of phenolic OH excluding ortho intramolecular Hbond substituents is 1. The highest BCUT2D eigenvalue weighted by Crippen LogP contribution is 2.42. The van der Waals surface area contributed by atoms with Crippen LogP contribution in [-0.2, 0) is 0 Å². The van der Waals surface area contributed by atoms with Crippen molar-refractivity contribution in [3.8, 4) is 16.9 Å². The maximum atomic E-state index is 10.8. The Bertz CT molecular complexity index is 1080. The van der Waals surface area contributed by atoms with Gasteiger partial charge < -0.3 is 10.4 Å². The minimum Gasteiger partial charge on any atom is -0.507 e. The molecule has 2 N–H and O–H groups in total. The molecule has 0 bridgehead atoms. The number of fused-ring (bicyclic) bond motifs is 3. The summed E-state index contributed by atoms with van der Waals surface area (Å²) in [4.78, 5) is 4.67. The Morgan fingerprint density at radius 1 is 1.19 bits per heavy atom. The molecule has 26 heavy (non-hydrogen) atoms. The van der Waals surface area contributed by atoms with E-state index < -0.39 is 0 Å². The molecule has 132 valence electrons. The molecular formula is C22H22N2OS. The maximum Gasteiger partial charge on any atom is 0.124 e. The van der Waals surface area contributed by atoms with Gasteiger partial charge in [-0.25, -0.2) is 0 Å². The van der Waals surface area contributed by atoms with Gasteiger partial charge in [-0.15, -0.1) is 11.3 Å². The number of phenols is 1. The second-order valence-corrected chi connectivity index (χ2v) is 7.80. The number of nitrogens with zero attached hydrogens (tertiary/aromatic N) is 1. The van der Waals surface area contributed by atoms with Crippen LogP contribution in [0.4, 0.5) is 0 Å². The Morgan fingerprint density at radius 2 is 1.96 bits per heavy atom. The molecule has 0 aliphatic heterocycles. The van der Waals surface area contributed by atoms with Crippen LogP contribution in [0.15, 0.2) is 48.0 Å². The summed E-state index contributed by atoms with van der Waals surface area (Å²) in [5, 5.41) is 18.3. The van der Waals surface area contributed by atoms with Gasteiger partial charge in [-0.2, -0.15) is 0 Å². The van der Waals surface area contributed by atoms with Crippen LogP contribution in [0.25, 0.3) is 32.1 Å². The third kappa shape index (κ3) is 2.75. The first kappa shape index (κ1) is 17.0. The van der Waals surface area contributed by atoms with Gasteiger partial charge in [0, 0.05) is 29.1 Å². The van der Waals surface area contributed by atoms with Crippen LogP contribution in [-0.4, -0.2) is 23.7 Å². The molecule has 0 saturated heterocycles. The fourth-order valence-corrected chi connectivity index (χ4v) is 4.42. The topological polar surface area (TPSA) is 45.1 Å². The molecule has 0 amide bonds. The van der Waals surface area contributed by atoms with E-state index in [4.69, 9.17) is 0 Å². The fourth-order valence-electron chi connectivity index (χ4n) is 3.66. The lowest BCUT2D eigenvalue weighted by molar-refractivity contribution is 0.477. The molecule has 2 aromatic heterocycles. The maximum absolute atomic E-state index is 10.8. The zero-order valence-electron chi connectivity index (χ0n) is 15.2. The molecule has 1 atom stereocenters. The minimum absolute atomic E-state index is 0.312. The summed E-state index contributed by atoms with van der Waals surface area (Å²) in [6, 6.07) is 12.5. The molecule has 0 radical (unpaired) electrons. The van der Waals surface area contributed by atoms with Crippen LogP contribution in [0.1, 0.15) is 24.0 Å². The minimum atomic E-state index is 0.312. The van der Waals surface area contributed by atoms with E-state index in [1.807, 2.05) is 26.2 Å². The van der Waals surface area contributed by atoms with E-state index in [2.05, 4.69) is 52.9 Å². The van der Waals surface area contributed by atoms with E-state index in [1.165, 1.54) is 5.56 Å². The lowest BCUT2D eigenvalue weighted by Crippen LogP contribution is -2.14. The number of hydrogen-bond acceptors (Lipinski definition) is 4. The van der Waals surface area contributed by atoms with E-state index in [1.54, 1.807) is 11.3 Å². The average molecular weight is 362 g/mol. The lowest BCUT2D eigenvalue weighted by Gasteiger charge is -2.15. The van der Waals surface area contributed by atoms with Crippen molar-refractivity contribution in [2.24, 2.45) is 0 Å². The summed E-state index contributed by atoms with van der Waals surface area (Å²) in [6.45, 7) is 5.15. The van der Waals surface area contributed by atoms with Crippen LogP contribution in [0, 0.1) is 6.92 Å². The highest BCUT2D eigenvalue weighted by atomic mass is 32.1. The lowest BCUT2D eigenvalue weighted by atomic mass is 9.93. The van der Waals surface area contributed by atoms with Gasteiger partial charge in [0.2, 0.25) is 0 Å². The van der Waals surface area contributed by atoms with Crippen molar-refractivity contribution in [2.75, 3.05) is 13.6 Å². The monoisotopic (exact) mass is 362 g/mol. The van der Waals surface area contributed by atoms with Gasteiger partial charge in [-0.05, 0) is 54.1 Å². The summed E-state index contributed by atoms with van der Waals surface area (Å²) in [6.07, 6.45) is 1.93. The van der Waals surface area contributed by atoms with Crippen molar-refractivity contribution >= 4 is 32.3 Å². The van der Waals surface area contributed by atoms with Gasteiger partial charge in [0.1, 0.15) is 5.75 Å². The Balaban J connectivity index is 1.95. The first-order valence-electron chi connectivity index (χ1n) is 8.83. The SMILES string of the molecule is CNC[C@H](C)c1ccc(-c2c(O)cc(C)c3ncc4sccc4c23)cc1. The zero-order valence-corrected chi connectivity index (χ0v) is 16.0. The van der Waals surface area contributed by atoms with Gasteiger partial charge in [0.15, 0.2) is 0 Å².